The maximum absolute atomic E-state index is 11.5. The number of halogens is 1. The smallest absolute Gasteiger partial charge is 0.408 e. The number of H-pyrrole nitrogens is 1. The summed E-state index contributed by atoms with van der Waals surface area (Å²) >= 11 is 3.63. The van der Waals surface area contributed by atoms with Crippen LogP contribution in [0.2, 0.25) is 0 Å². The first-order valence-corrected chi connectivity index (χ1v) is 10.2. The fraction of sp³-hybridized carbons (Fsp3) is 0.300. The molecule has 0 unspecified atom stereocenters. The lowest BCUT2D eigenvalue weighted by Crippen LogP contribution is -2.28. The minimum atomic E-state index is -0.442. The lowest BCUT2D eigenvalue weighted by Gasteiger charge is -2.20. The van der Waals surface area contributed by atoms with E-state index in [-0.39, 0.29) is 0 Å². The Labute approximate surface area is 169 Å². The topological polar surface area (TPSA) is 78.6 Å². The van der Waals surface area contributed by atoms with E-state index < -0.39 is 5.76 Å². The van der Waals surface area contributed by atoms with Crippen LogP contribution in [0.4, 0.5) is 0 Å². The average Bonchev–Trinajstić information content (AvgIpc) is 3.12. The minimum absolute atomic E-state index is 0.442. The van der Waals surface area contributed by atoms with Crippen molar-refractivity contribution >= 4 is 32.7 Å². The summed E-state index contributed by atoms with van der Waals surface area (Å²) in [5, 5.41) is 3.45. The Kier molecular flexibility index (Phi) is 4.54. The van der Waals surface area contributed by atoms with Crippen molar-refractivity contribution in [2.75, 3.05) is 26.2 Å². The number of aromatic amines is 1. The molecule has 7 nitrogen and oxygen atoms in total. The lowest BCUT2D eigenvalue weighted by atomic mass is 10.1. The second-order valence-electron chi connectivity index (χ2n) is 7.06. The molecule has 0 radical (unpaired) electrons. The van der Waals surface area contributed by atoms with E-state index in [0.29, 0.717) is 11.1 Å². The number of nitrogens with zero attached hydrogens (tertiary/aromatic N) is 3. The number of hydrogen-bond acceptors (Lipinski definition) is 5. The zero-order chi connectivity index (χ0) is 19.1. The molecule has 1 aromatic carbocycles. The Morgan fingerprint density at radius 1 is 1.21 bits per heavy atom. The van der Waals surface area contributed by atoms with Crippen LogP contribution in [0.25, 0.3) is 28.0 Å². The Bertz CT molecular complexity index is 1200. The third kappa shape index (κ3) is 3.17. The predicted octanol–water partition coefficient (Wildman–Crippen LogP) is 2.99. The Hall–Kier alpha value is -2.42. The van der Waals surface area contributed by atoms with Crippen LogP contribution in [-0.4, -0.2) is 45.4 Å². The van der Waals surface area contributed by atoms with Crippen molar-refractivity contribution in [3.05, 3.63) is 57.2 Å². The third-order valence-corrected chi connectivity index (χ3v) is 5.82. The van der Waals surface area contributed by atoms with Crippen LogP contribution in [-0.2, 0) is 6.54 Å². The largest absolute Gasteiger partial charge is 0.417 e. The third-order valence-electron chi connectivity index (χ3n) is 5.20. The molecule has 0 spiro atoms. The van der Waals surface area contributed by atoms with Gasteiger partial charge in [0.15, 0.2) is 11.2 Å². The molecule has 1 aliphatic rings. The molecule has 144 valence electrons. The van der Waals surface area contributed by atoms with Gasteiger partial charge in [0.25, 0.3) is 0 Å². The van der Waals surface area contributed by atoms with Gasteiger partial charge < -0.3 is 14.1 Å². The van der Waals surface area contributed by atoms with Gasteiger partial charge in [-0.25, -0.2) is 9.78 Å². The van der Waals surface area contributed by atoms with E-state index in [2.05, 4.69) is 41.7 Å². The number of benzene rings is 1. The predicted molar refractivity (Wildman–Crippen MR) is 111 cm³/mol. The molecule has 0 amide bonds. The number of aromatic nitrogens is 3. The molecule has 0 saturated carbocycles. The van der Waals surface area contributed by atoms with Gasteiger partial charge in [-0.1, -0.05) is 6.07 Å². The first kappa shape index (κ1) is 17.7. The van der Waals surface area contributed by atoms with E-state index >= 15 is 0 Å². The molecule has 4 aromatic rings. The van der Waals surface area contributed by atoms with Crippen LogP contribution in [0.5, 0.6) is 0 Å². The monoisotopic (exact) mass is 441 g/mol. The van der Waals surface area contributed by atoms with E-state index in [1.54, 1.807) is 0 Å². The second-order valence-corrected chi connectivity index (χ2v) is 7.92. The molecule has 1 aliphatic heterocycles. The maximum atomic E-state index is 11.5. The van der Waals surface area contributed by atoms with Crippen molar-refractivity contribution in [3.8, 4) is 11.3 Å². The molecule has 2 N–H and O–H groups in total. The van der Waals surface area contributed by atoms with Crippen molar-refractivity contribution in [1.29, 1.82) is 0 Å². The highest BCUT2D eigenvalue weighted by atomic mass is 79.9. The van der Waals surface area contributed by atoms with Crippen LogP contribution in [0.15, 0.2) is 50.2 Å². The fourth-order valence-electron chi connectivity index (χ4n) is 3.83. The Morgan fingerprint density at radius 2 is 2.14 bits per heavy atom. The van der Waals surface area contributed by atoms with Gasteiger partial charge >= 0.3 is 5.76 Å². The summed E-state index contributed by atoms with van der Waals surface area (Å²) in [5.41, 5.74) is 5.11. The number of rotatable bonds is 3. The molecule has 1 saturated heterocycles. The molecule has 1 fully saturated rings. The first-order valence-electron chi connectivity index (χ1n) is 9.41. The van der Waals surface area contributed by atoms with Gasteiger partial charge in [0.1, 0.15) is 0 Å². The zero-order valence-electron chi connectivity index (χ0n) is 15.2. The number of nitrogens with one attached hydrogen (secondary N) is 2. The Balaban J connectivity index is 1.65. The standard InChI is InChI=1S/C20H20BrN5O2/c21-14-3-1-9-26-16(12-25-8-2-6-22-7-10-25)18(24-19(14)26)13-4-5-15-17(11-13)28-20(27)23-15/h1,3-5,9,11,22H,2,6-8,10,12H2,(H,23,27). The molecule has 0 bridgehead atoms. The highest BCUT2D eigenvalue weighted by Gasteiger charge is 2.20. The SMILES string of the molecule is O=c1[nH]c2ccc(-c3nc4c(Br)cccn4c3CN3CCCNCC3)cc2o1. The van der Waals surface area contributed by atoms with Gasteiger partial charge in [-0.3, -0.25) is 9.88 Å². The van der Waals surface area contributed by atoms with Crippen molar-refractivity contribution in [2.45, 2.75) is 13.0 Å². The summed E-state index contributed by atoms with van der Waals surface area (Å²) in [4.78, 5) is 21.6. The summed E-state index contributed by atoms with van der Waals surface area (Å²) < 4.78 is 8.36. The second kappa shape index (κ2) is 7.20. The highest BCUT2D eigenvalue weighted by Crippen LogP contribution is 2.30. The quantitative estimate of drug-likeness (QED) is 0.510. The molecule has 4 heterocycles. The molecule has 3 aromatic heterocycles. The Morgan fingerprint density at radius 3 is 3.07 bits per heavy atom. The molecule has 8 heteroatoms. The van der Waals surface area contributed by atoms with Gasteiger partial charge in [-0.15, -0.1) is 0 Å². The van der Waals surface area contributed by atoms with Crippen molar-refractivity contribution < 1.29 is 4.42 Å². The summed E-state index contributed by atoms with van der Waals surface area (Å²) in [7, 11) is 0. The summed E-state index contributed by atoms with van der Waals surface area (Å²) in [6, 6.07) is 9.76. The van der Waals surface area contributed by atoms with Crippen molar-refractivity contribution in [3.63, 3.8) is 0 Å². The zero-order valence-corrected chi connectivity index (χ0v) is 16.8. The van der Waals surface area contributed by atoms with Crippen LogP contribution in [0.3, 0.4) is 0 Å². The molecular formula is C20H20BrN5O2. The molecule has 5 rings (SSSR count). The van der Waals surface area contributed by atoms with Crippen LogP contribution < -0.4 is 11.1 Å². The van der Waals surface area contributed by atoms with Gasteiger partial charge in [0.2, 0.25) is 0 Å². The van der Waals surface area contributed by atoms with Gasteiger partial charge in [-0.2, -0.15) is 0 Å². The number of hydrogen-bond donors (Lipinski definition) is 2. The number of pyridine rings is 1. The number of imidazole rings is 1. The van der Waals surface area contributed by atoms with E-state index in [1.807, 2.05) is 30.3 Å². The molecule has 0 atom stereocenters. The van der Waals surface area contributed by atoms with E-state index in [9.17, 15) is 4.79 Å². The lowest BCUT2D eigenvalue weighted by molar-refractivity contribution is 0.281. The van der Waals surface area contributed by atoms with Crippen LogP contribution in [0.1, 0.15) is 12.1 Å². The molecule has 28 heavy (non-hydrogen) atoms. The summed E-state index contributed by atoms with van der Waals surface area (Å²) in [5.74, 6) is -0.442. The fourth-order valence-corrected chi connectivity index (χ4v) is 4.26. The highest BCUT2D eigenvalue weighted by molar-refractivity contribution is 9.10. The average molecular weight is 442 g/mol. The normalized spacial score (nSPS) is 16.0. The summed E-state index contributed by atoms with van der Waals surface area (Å²) in [6.45, 7) is 4.93. The van der Waals surface area contributed by atoms with Crippen LogP contribution in [0, 0.1) is 0 Å². The van der Waals surface area contributed by atoms with Crippen LogP contribution >= 0.6 is 15.9 Å². The van der Waals surface area contributed by atoms with Crippen molar-refractivity contribution in [1.82, 2.24) is 24.6 Å². The van der Waals surface area contributed by atoms with Gasteiger partial charge in [0, 0.05) is 31.4 Å². The van der Waals surface area contributed by atoms with Gasteiger partial charge in [-0.05, 0) is 59.7 Å². The van der Waals surface area contributed by atoms with E-state index in [0.717, 1.165) is 66.2 Å². The van der Waals surface area contributed by atoms with Crippen molar-refractivity contribution in [2.24, 2.45) is 0 Å². The first-order chi connectivity index (χ1) is 13.7. The van der Waals surface area contributed by atoms with E-state index in [4.69, 9.17) is 9.40 Å². The van der Waals surface area contributed by atoms with E-state index in [1.165, 1.54) is 0 Å². The molecular weight excluding hydrogens is 422 g/mol. The molecule has 0 aliphatic carbocycles. The van der Waals surface area contributed by atoms with Gasteiger partial charge in [0.05, 0.1) is 21.4 Å². The minimum Gasteiger partial charge on any atom is -0.408 e. The number of oxazole rings is 1. The summed E-state index contributed by atoms with van der Waals surface area (Å²) in [6.07, 6.45) is 3.19. The number of fused-ring (bicyclic) bond motifs is 2. The maximum Gasteiger partial charge on any atom is 0.417 e.